The maximum atomic E-state index is 15.1. The van der Waals surface area contributed by atoms with Crippen molar-refractivity contribution >= 4 is 29.3 Å². The molecule has 2 heterocycles. The Bertz CT molecular complexity index is 1570. The van der Waals surface area contributed by atoms with E-state index in [4.69, 9.17) is 21.1 Å². The van der Waals surface area contributed by atoms with Crippen molar-refractivity contribution in [3.8, 4) is 22.9 Å². The molecule has 10 heteroatoms. The quantitative estimate of drug-likeness (QED) is 0.213. The molecule has 2 N–H and O–H groups in total. The minimum atomic E-state index is -0.933. The Morgan fingerprint density at radius 1 is 1.19 bits per heavy atom. The number of aliphatic carboxylic acids is 1. The zero-order valence-electron chi connectivity index (χ0n) is 23.9. The van der Waals surface area contributed by atoms with Crippen molar-refractivity contribution < 1.29 is 28.6 Å². The fraction of sp³-hybridized carbons (Fsp3) is 0.281. The molecule has 3 aromatic carbocycles. The summed E-state index contributed by atoms with van der Waals surface area (Å²) < 4.78 is 28.0. The summed E-state index contributed by atoms with van der Waals surface area (Å²) in [4.78, 5) is 24.4. The number of carbonyl (C=O) groups excluding carboxylic acids is 1. The van der Waals surface area contributed by atoms with E-state index >= 15 is 4.39 Å². The topological polar surface area (TPSA) is 103 Å². The molecule has 2 unspecified atom stereocenters. The monoisotopic (exact) mass is 593 g/mol. The van der Waals surface area contributed by atoms with Crippen LogP contribution >= 0.6 is 11.6 Å². The van der Waals surface area contributed by atoms with Crippen LogP contribution in [0.4, 0.5) is 10.2 Å². The summed E-state index contributed by atoms with van der Waals surface area (Å²) in [5.41, 5.74) is 1.80. The average Bonchev–Trinajstić information content (AvgIpc) is 3.46. The molecule has 2 atom stereocenters. The smallest absolute Gasteiger partial charge is 0.311 e. The Hall–Kier alpha value is -4.37. The predicted molar refractivity (Wildman–Crippen MR) is 160 cm³/mol. The lowest BCUT2D eigenvalue weighted by atomic mass is 9.93. The Morgan fingerprint density at radius 2 is 1.93 bits per heavy atom. The highest BCUT2D eigenvalue weighted by Crippen LogP contribution is 2.42. The number of hydrogen-bond donors (Lipinski definition) is 2. The van der Waals surface area contributed by atoms with E-state index in [0.717, 1.165) is 6.42 Å². The Morgan fingerprint density at radius 3 is 2.62 bits per heavy atom. The van der Waals surface area contributed by atoms with Crippen molar-refractivity contribution in [2.75, 3.05) is 11.9 Å². The second-order valence-electron chi connectivity index (χ2n) is 9.56. The van der Waals surface area contributed by atoms with Crippen LogP contribution in [-0.2, 0) is 4.79 Å². The van der Waals surface area contributed by atoms with Gasteiger partial charge in [-0.25, -0.2) is 9.07 Å². The number of benzene rings is 3. The third-order valence-electron chi connectivity index (χ3n) is 6.98. The van der Waals surface area contributed by atoms with Crippen LogP contribution in [-0.4, -0.2) is 33.4 Å². The van der Waals surface area contributed by atoms with Crippen LogP contribution in [0, 0.1) is 5.82 Å². The number of ether oxygens (including phenoxy) is 2. The van der Waals surface area contributed by atoms with E-state index in [0.29, 0.717) is 46.0 Å². The SMILES string of the molecule is CC.CCC(C)c1cccc(-n2ccc(NC(=O)c3ccc(Oc4cc5c(cc4Cl)C(C(=O)O)CCO5)cc3)n2)c1F. The lowest BCUT2D eigenvalue weighted by Crippen LogP contribution is -2.20. The summed E-state index contributed by atoms with van der Waals surface area (Å²) in [6, 6.07) is 16.3. The summed E-state index contributed by atoms with van der Waals surface area (Å²) in [6.45, 7) is 8.26. The number of carboxylic acid groups (broad SMARTS) is 1. The van der Waals surface area contributed by atoms with Crippen molar-refractivity contribution in [2.45, 2.75) is 52.4 Å². The number of hydrogen-bond acceptors (Lipinski definition) is 5. The molecule has 0 spiro atoms. The number of rotatable bonds is 8. The molecule has 1 aliphatic rings. The van der Waals surface area contributed by atoms with Gasteiger partial charge in [0.25, 0.3) is 5.91 Å². The van der Waals surface area contributed by atoms with Gasteiger partial charge in [-0.15, -0.1) is 5.10 Å². The zero-order chi connectivity index (χ0) is 30.4. The van der Waals surface area contributed by atoms with E-state index in [1.165, 1.54) is 4.68 Å². The van der Waals surface area contributed by atoms with Gasteiger partial charge in [-0.1, -0.05) is 51.4 Å². The highest BCUT2D eigenvalue weighted by Gasteiger charge is 2.29. The lowest BCUT2D eigenvalue weighted by Gasteiger charge is -2.24. The summed E-state index contributed by atoms with van der Waals surface area (Å²) in [7, 11) is 0. The first-order valence-electron chi connectivity index (χ1n) is 13.9. The molecule has 1 aliphatic heterocycles. The highest BCUT2D eigenvalue weighted by molar-refractivity contribution is 6.32. The van der Waals surface area contributed by atoms with Gasteiger partial charge in [-0.2, -0.15) is 0 Å². The number of fused-ring (bicyclic) bond motifs is 1. The van der Waals surface area contributed by atoms with Gasteiger partial charge < -0.3 is 19.9 Å². The van der Waals surface area contributed by atoms with Crippen LogP contribution in [0.2, 0.25) is 5.02 Å². The van der Waals surface area contributed by atoms with E-state index in [1.54, 1.807) is 66.9 Å². The maximum absolute atomic E-state index is 15.1. The lowest BCUT2D eigenvalue weighted by molar-refractivity contribution is -0.139. The molecule has 0 bridgehead atoms. The number of aromatic nitrogens is 2. The van der Waals surface area contributed by atoms with Crippen LogP contribution in [0.5, 0.6) is 17.2 Å². The number of anilines is 1. The second-order valence-corrected chi connectivity index (χ2v) is 9.97. The molecule has 0 aliphatic carbocycles. The second kappa shape index (κ2) is 13.5. The van der Waals surface area contributed by atoms with Gasteiger partial charge in [0.2, 0.25) is 0 Å². The average molecular weight is 594 g/mol. The van der Waals surface area contributed by atoms with Gasteiger partial charge in [0.05, 0.1) is 17.5 Å². The molecule has 0 saturated carbocycles. The molecule has 1 aromatic heterocycles. The van der Waals surface area contributed by atoms with Crippen LogP contribution in [0.25, 0.3) is 5.69 Å². The van der Waals surface area contributed by atoms with Gasteiger partial charge >= 0.3 is 5.97 Å². The normalized spacial score (nSPS) is 14.5. The summed E-state index contributed by atoms with van der Waals surface area (Å²) in [5, 5.41) is 16.8. The van der Waals surface area contributed by atoms with Crippen molar-refractivity contribution in [3.63, 3.8) is 0 Å². The van der Waals surface area contributed by atoms with Gasteiger partial charge in [-0.3, -0.25) is 9.59 Å². The summed E-state index contributed by atoms with van der Waals surface area (Å²) in [6.07, 6.45) is 2.77. The van der Waals surface area contributed by atoms with E-state index in [2.05, 4.69) is 10.4 Å². The molecule has 5 rings (SSSR count). The van der Waals surface area contributed by atoms with Crippen molar-refractivity contribution in [2.24, 2.45) is 0 Å². The molecule has 42 heavy (non-hydrogen) atoms. The Labute approximate surface area is 249 Å². The standard InChI is InChI=1S/C30H27ClFN3O5.C2H6/c1-3-17(2)20-5-4-6-24(28(20)32)35-13-11-27(34-35)33-29(36)18-7-9-19(10-8-18)40-26-16-25-22(15-23(26)31)21(30(37)38)12-14-39-25;1-2/h4-11,13,15-17,21H,3,12,14H2,1-2H3,(H,37,38)(H,33,34,36);1-2H3. The Kier molecular flexibility index (Phi) is 9.85. The molecule has 1 amide bonds. The van der Waals surface area contributed by atoms with Gasteiger partial charge in [-0.05, 0) is 60.7 Å². The van der Waals surface area contributed by atoms with Gasteiger partial charge in [0.15, 0.2) is 11.6 Å². The van der Waals surface area contributed by atoms with Crippen molar-refractivity contribution in [3.05, 3.63) is 94.4 Å². The summed E-state index contributed by atoms with van der Waals surface area (Å²) in [5.74, 6) is -0.858. The van der Waals surface area contributed by atoms with E-state index in [-0.39, 0.29) is 29.2 Å². The molecular weight excluding hydrogens is 561 g/mol. The first kappa shape index (κ1) is 30.6. The summed E-state index contributed by atoms with van der Waals surface area (Å²) >= 11 is 6.37. The molecule has 0 radical (unpaired) electrons. The van der Waals surface area contributed by atoms with E-state index < -0.39 is 17.8 Å². The number of carboxylic acids is 1. The van der Waals surface area contributed by atoms with Crippen LogP contribution in [0.3, 0.4) is 0 Å². The van der Waals surface area contributed by atoms with Gasteiger partial charge in [0, 0.05) is 29.5 Å². The minimum Gasteiger partial charge on any atom is -0.493 e. The first-order chi connectivity index (χ1) is 20.2. The first-order valence-corrected chi connectivity index (χ1v) is 14.3. The molecule has 0 fully saturated rings. The minimum absolute atomic E-state index is 0.0718. The largest absolute Gasteiger partial charge is 0.493 e. The predicted octanol–water partition coefficient (Wildman–Crippen LogP) is 8.20. The van der Waals surface area contributed by atoms with Crippen molar-refractivity contribution in [1.29, 1.82) is 0 Å². The fourth-order valence-electron chi connectivity index (χ4n) is 4.55. The van der Waals surface area contributed by atoms with Crippen LogP contribution in [0.15, 0.2) is 66.9 Å². The highest BCUT2D eigenvalue weighted by atomic mass is 35.5. The number of nitrogens with zero attached hydrogens (tertiary/aromatic N) is 2. The third kappa shape index (κ3) is 6.57. The van der Waals surface area contributed by atoms with Crippen molar-refractivity contribution in [1.82, 2.24) is 9.78 Å². The van der Waals surface area contributed by atoms with Crippen LogP contribution < -0.4 is 14.8 Å². The zero-order valence-corrected chi connectivity index (χ0v) is 24.6. The molecule has 0 saturated heterocycles. The third-order valence-corrected chi connectivity index (χ3v) is 7.27. The Balaban J connectivity index is 0.00000198. The number of halogens is 2. The van der Waals surface area contributed by atoms with Gasteiger partial charge in [0.1, 0.15) is 22.9 Å². The van der Waals surface area contributed by atoms with E-state index in [1.807, 2.05) is 27.7 Å². The molecular formula is C32H33ClFN3O5. The fourth-order valence-corrected chi connectivity index (χ4v) is 4.76. The molecule has 220 valence electrons. The van der Waals surface area contributed by atoms with Crippen LogP contribution in [0.1, 0.15) is 73.9 Å². The number of nitrogens with one attached hydrogen (secondary N) is 1. The maximum Gasteiger partial charge on any atom is 0.311 e. The number of carbonyl (C=O) groups is 2. The number of amides is 1. The van der Waals surface area contributed by atoms with E-state index in [9.17, 15) is 14.7 Å². The molecule has 4 aromatic rings. The molecule has 8 nitrogen and oxygen atoms in total.